The quantitative estimate of drug-likeness (QED) is 0.515. The summed E-state index contributed by atoms with van der Waals surface area (Å²) in [5.74, 6) is 2.77. The van der Waals surface area contributed by atoms with Gasteiger partial charge in [0.15, 0.2) is 5.60 Å². The molecule has 0 atom stereocenters. The Morgan fingerprint density at radius 1 is 1.38 bits per heavy atom. The molecule has 1 aliphatic rings. The minimum Gasteiger partial charge on any atom is -0.380 e. The molecule has 1 rings (SSSR count). The highest BCUT2D eigenvalue weighted by Crippen LogP contribution is 2.38. The summed E-state index contributed by atoms with van der Waals surface area (Å²) in [6.07, 6.45) is -5.09. The fourth-order valence-electron chi connectivity index (χ4n) is 1.60. The maximum absolute atomic E-state index is 12.5. The van der Waals surface area contributed by atoms with Gasteiger partial charge in [-0.05, 0) is 12.8 Å². The molecule has 0 aromatic carbocycles. The standard InChI is InChI=1S/C10H15F3N2O/c1-14-5-2-6-15-7-3-9(16,4-8-15)10(11,12)13/h14,16H,3-4,6-8H2,1H3. The minimum absolute atomic E-state index is 0.217. The van der Waals surface area contributed by atoms with Crippen molar-refractivity contribution in [3.05, 3.63) is 0 Å². The van der Waals surface area contributed by atoms with Gasteiger partial charge in [0.2, 0.25) is 0 Å². The van der Waals surface area contributed by atoms with E-state index in [1.165, 1.54) is 0 Å². The maximum Gasteiger partial charge on any atom is 0.417 e. The third kappa shape index (κ3) is 3.03. The van der Waals surface area contributed by atoms with Crippen molar-refractivity contribution in [3.63, 3.8) is 0 Å². The van der Waals surface area contributed by atoms with E-state index in [0.29, 0.717) is 6.54 Å². The van der Waals surface area contributed by atoms with Crippen LogP contribution in [0.25, 0.3) is 0 Å². The number of alkyl halides is 3. The van der Waals surface area contributed by atoms with Gasteiger partial charge in [0, 0.05) is 26.2 Å². The zero-order chi connectivity index (χ0) is 12.2. The molecule has 1 aliphatic heterocycles. The Labute approximate surface area is 92.6 Å². The van der Waals surface area contributed by atoms with Crippen LogP contribution in [-0.4, -0.2) is 48.5 Å². The first-order valence-corrected chi connectivity index (χ1v) is 5.05. The van der Waals surface area contributed by atoms with Gasteiger partial charge >= 0.3 is 6.18 Å². The van der Waals surface area contributed by atoms with Crippen LogP contribution < -0.4 is 5.32 Å². The molecule has 0 bridgehead atoms. The van der Waals surface area contributed by atoms with Crippen LogP contribution in [0.5, 0.6) is 0 Å². The van der Waals surface area contributed by atoms with Crippen molar-refractivity contribution in [1.82, 2.24) is 10.2 Å². The molecule has 0 saturated carbocycles. The van der Waals surface area contributed by atoms with Gasteiger partial charge in [-0.3, -0.25) is 4.90 Å². The Bertz CT molecular complexity index is 285. The first-order valence-electron chi connectivity index (χ1n) is 5.05. The molecule has 0 unspecified atom stereocenters. The van der Waals surface area contributed by atoms with Gasteiger partial charge < -0.3 is 10.4 Å². The van der Waals surface area contributed by atoms with Crippen LogP contribution in [-0.2, 0) is 0 Å². The SMILES string of the molecule is CNC#CCN1CCC(O)(C(F)(F)F)CC1. The van der Waals surface area contributed by atoms with E-state index in [2.05, 4.69) is 17.3 Å². The third-order valence-electron chi connectivity index (χ3n) is 2.73. The zero-order valence-electron chi connectivity index (χ0n) is 9.06. The van der Waals surface area contributed by atoms with E-state index >= 15 is 0 Å². The highest BCUT2D eigenvalue weighted by molar-refractivity contribution is 5.00. The second-order valence-corrected chi connectivity index (χ2v) is 3.86. The van der Waals surface area contributed by atoms with Crippen molar-refractivity contribution < 1.29 is 18.3 Å². The Kier molecular flexibility index (Phi) is 4.05. The van der Waals surface area contributed by atoms with Crippen LogP contribution in [0, 0.1) is 12.0 Å². The summed E-state index contributed by atoms with van der Waals surface area (Å²) in [5, 5.41) is 12.0. The van der Waals surface area contributed by atoms with E-state index in [1.807, 2.05) is 0 Å². The van der Waals surface area contributed by atoms with Gasteiger partial charge in [0.25, 0.3) is 0 Å². The molecule has 1 fully saturated rings. The average Bonchev–Trinajstić information content (AvgIpc) is 2.20. The number of likely N-dealkylation sites (tertiary alicyclic amines) is 1. The molecule has 92 valence electrons. The van der Waals surface area contributed by atoms with Crippen molar-refractivity contribution >= 4 is 0 Å². The van der Waals surface area contributed by atoms with Crippen molar-refractivity contribution in [2.75, 3.05) is 26.7 Å². The summed E-state index contributed by atoms with van der Waals surface area (Å²) in [6, 6.07) is 2.62. The average molecular weight is 236 g/mol. The molecule has 0 aromatic heterocycles. The van der Waals surface area contributed by atoms with Gasteiger partial charge in [-0.1, -0.05) is 5.92 Å². The fraction of sp³-hybridized carbons (Fsp3) is 0.800. The number of nitrogens with one attached hydrogen (secondary N) is 1. The van der Waals surface area contributed by atoms with Crippen LogP contribution in [0.1, 0.15) is 12.8 Å². The molecule has 2 N–H and O–H groups in total. The first-order chi connectivity index (χ1) is 7.39. The molecule has 3 nitrogen and oxygen atoms in total. The lowest BCUT2D eigenvalue weighted by Gasteiger charge is -2.38. The second-order valence-electron chi connectivity index (χ2n) is 3.86. The van der Waals surface area contributed by atoms with Crippen molar-refractivity contribution in [2.45, 2.75) is 24.6 Å². The van der Waals surface area contributed by atoms with E-state index in [-0.39, 0.29) is 25.9 Å². The molecule has 1 heterocycles. The number of hydrogen-bond acceptors (Lipinski definition) is 3. The van der Waals surface area contributed by atoms with Gasteiger partial charge in [0.1, 0.15) is 0 Å². The van der Waals surface area contributed by atoms with Crippen LogP contribution in [0.15, 0.2) is 0 Å². The molecular weight excluding hydrogens is 221 g/mol. The number of aliphatic hydroxyl groups is 1. The summed E-state index contributed by atoms with van der Waals surface area (Å²) in [4.78, 5) is 1.80. The van der Waals surface area contributed by atoms with E-state index in [1.54, 1.807) is 11.9 Å². The molecule has 16 heavy (non-hydrogen) atoms. The Hall–Kier alpha value is -0.930. The largest absolute Gasteiger partial charge is 0.417 e. The Balaban J connectivity index is 2.45. The van der Waals surface area contributed by atoms with Gasteiger partial charge in [-0.15, -0.1) is 0 Å². The lowest BCUT2D eigenvalue weighted by molar-refractivity contribution is -0.272. The normalized spacial score (nSPS) is 21.1. The van der Waals surface area contributed by atoms with E-state index in [4.69, 9.17) is 0 Å². The van der Waals surface area contributed by atoms with E-state index < -0.39 is 11.8 Å². The third-order valence-corrected chi connectivity index (χ3v) is 2.73. The van der Waals surface area contributed by atoms with Crippen molar-refractivity contribution in [3.8, 4) is 12.0 Å². The molecule has 0 aliphatic carbocycles. The van der Waals surface area contributed by atoms with Crippen LogP contribution in [0.3, 0.4) is 0 Å². The zero-order valence-corrected chi connectivity index (χ0v) is 9.06. The predicted molar refractivity (Wildman–Crippen MR) is 53.5 cm³/mol. The van der Waals surface area contributed by atoms with Gasteiger partial charge in [-0.2, -0.15) is 13.2 Å². The van der Waals surface area contributed by atoms with Crippen LogP contribution in [0.2, 0.25) is 0 Å². The smallest absolute Gasteiger partial charge is 0.380 e. The van der Waals surface area contributed by atoms with Gasteiger partial charge in [0.05, 0.1) is 6.54 Å². The molecule has 6 heteroatoms. The second kappa shape index (κ2) is 4.93. The fourth-order valence-corrected chi connectivity index (χ4v) is 1.60. The summed E-state index contributed by atoms with van der Waals surface area (Å²) in [5.41, 5.74) is -2.51. The molecule has 0 spiro atoms. The molecular formula is C10H15F3N2O. The number of nitrogens with zero attached hydrogens (tertiary/aromatic N) is 1. The van der Waals surface area contributed by atoms with E-state index in [0.717, 1.165) is 0 Å². The Morgan fingerprint density at radius 2 is 1.94 bits per heavy atom. The monoisotopic (exact) mass is 236 g/mol. The molecule has 0 aromatic rings. The van der Waals surface area contributed by atoms with Gasteiger partial charge in [-0.25, -0.2) is 0 Å². The van der Waals surface area contributed by atoms with Crippen LogP contribution >= 0.6 is 0 Å². The number of rotatable bonds is 1. The lowest BCUT2D eigenvalue weighted by atomic mass is 9.91. The topological polar surface area (TPSA) is 35.5 Å². The summed E-state index contributed by atoms with van der Waals surface area (Å²) < 4.78 is 37.4. The predicted octanol–water partition coefficient (Wildman–Crippen LogP) is 0.556. The summed E-state index contributed by atoms with van der Waals surface area (Å²) >= 11 is 0. The number of piperidine rings is 1. The molecule has 0 radical (unpaired) electrons. The number of hydrogen-bond donors (Lipinski definition) is 2. The summed E-state index contributed by atoms with van der Waals surface area (Å²) in [7, 11) is 1.67. The minimum atomic E-state index is -4.53. The highest BCUT2D eigenvalue weighted by atomic mass is 19.4. The highest BCUT2D eigenvalue weighted by Gasteiger charge is 2.54. The first kappa shape index (κ1) is 13.1. The van der Waals surface area contributed by atoms with Crippen molar-refractivity contribution in [1.29, 1.82) is 0 Å². The van der Waals surface area contributed by atoms with Crippen molar-refractivity contribution in [2.24, 2.45) is 0 Å². The summed E-state index contributed by atoms with van der Waals surface area (Å²) in [6.45, 7) is 0.859. The lowest BCUT2D eigenvalue weighted by Crippen LogP contribution is -2.53. The van der Waals surface area contributed by atoms with E-state index in [9.17, 15) is 18.3 Å². The maximum atomic E-state index is 12.5. The molecule has 0 amide bonds. The van der Waals surface area contributed by atoms with Crippen LogP contribution in [0.4, 0.5) is 13.2 Å². The molecule has 1 saturated heterocycles. The number of halogens is 3. The Morgan fingerprint density at radius 3 is 2.38 bits per heavy atom.